The quantitative estimate of drug-likeness (QED) is 0.587. The zero-order chi connectivity index (χ0) is 18.1. The highest BCUT2D eigenvalue weighted by Gasteiger charge is 2.20. The van der Waals surface area contributed by atoms with Crippen LogP contribution in [0, 0.1) is 5.92 Å². The first-order valence-corrected chi connectivity index (χ1v) is 8.28. The molecule has 2 atom stereocenters. The minimum Gasteiger partial charge on any atom is -0.497 e. The molecule has 0 saturated carbocycles. The number of hydrogen-bond donors (Lipinski definition) is 3. The molecular weight excluding hydrogens is 344 g/mol. The highest BCUT2D eigenvalue weighted by molar-refractivity contribution is 5.85. The Hall–Kier alpha value is -1.79. The number of ether oxygens (including phenoxy) is 1. The van der Waals surface area contributed by atoms with E-state index >= 15 is 0 Å². The minimum absolute atomic E-state index is 0. The van der Waals surface area contributed by atoms with Crippen molar-refractivity contribution in [2.75, 3.05) is 13.7 Å². The van der Waals surface area contributed by atoms with Crippen molar-refractivity contribution >= 4 is 24.3 Å². The van der Waals surface area contributed by atoms with E-state index in [-0.39, 0.29) is 36.8 Å². The van der Waals surface area contributed by atoms with E-state index in [2.05, 4.69) is 10.6 Å². The zero-order valence-electron chi connectivity index (χ0n) is 15.2. The summed E-state index contributed by atoms with van der Waals surface area (Å²) in [7, 11) is 1.61. The normalized spacial score (nSPS) is 12.8. The van der Waals surface area contributed by atoms with Crippen LogP contribution in [-0.2, 0) is 9.59 Å². The van der Waals surface area contributed by atoms with Gasteiger partial charge in [-0.25, -0.2) is 0 Å². The molecule has 0 saturated heterocycles. The van der Waals surface area contributed by atoms with Crippen molar-refractivity contribution in [2.24, 2.45) is 5.92 Å². The number of aliphatic carboxylic acids is 1. The van der Waals surface area contributed by atoms with Gasteiger partial charge in [-0.1, -0.05) is 39.3 Å². The monoisotopic (exact) mass is 372 g/mol. The number of halogens is 1. The Morgan fingerprint density at radius 3 is 2.24 bits per heavy atom. The maximum atomic E-state index is 12.2. The van der Waals surface area contributed by atoms with Crippen LogP contribution in [0.25, 0.3) is 0 Å². The first-order valence-electron chi connectivity index (χ1n) is 8.28. The molecule has 0 aromatic heterocycles. The Balaban J connectivity index is 0.00000576. The molecule has 142 valence electrons. The molecule has 0 aliphatic carbocycles. The third kappa shape index (κ3) is 7.75. The standard InChI is InChI=1S/C18H28N2O4.ClH/c1-5-6-15(18(22)23)19-11-16(21)20-17(12(2)3)13-7-9-14(24-4)10-8-13;/h7-10,12,15,17,19H,5-6,11H2,1-4H3,(H,20,21)(H,22,23);1H. The first-order chi connectivity index (χ1) is 11.4. The summed E-state index contributed by atoms with van der Waals surface area (Å²) in [4.78, 5) is 23.3. The third-order valence-corrected chi connectivity index (χ3v) is 3.84. The molecule has 1 aromatic rings. The maximum absolute atomic E-state index is 12.2. The van der Waals surface area contributed by atoms with Gasteiger partial charge in [0.25, 0.3) is 0 Å². The van der Waals surface area contributed by atoms with Gasteiger partial charge in [-0.15, -0.1) is 12.4 Å². The largest absolute Gasteiger partial charge is 0.497 e. The van der Waals surface area contributed by atoms with E-state index in [1.54, 1.807) is 7.11 Å². The lowest BCUT2D eigenvalue weighted by Crippen LogP contribution is -2.44. The maximum Gasteiger partial charge on any atom is 0.320 e. The molecule has 6 nitrogen and oxygen atoms in total. The number of carbonyl (C=O) groups excluding carboxylic acids is 1. The van der Waals surface area contributed by atoms with Crippen molar-refractivity contribution in [2.45, 2.75) is 45.7 Å². The molecule has 1 amide bonds. The lowest BCUT2D eigenvalue weighted by molar-refractivity contribution is -0.139. The van der Waals surface area contributed by atoms with Crippen LogP contribution in [0.1, 0.15) is 45.2 Å². The van der Waals surface area contributed by atoms with E-state index in [0.717, 1.165) is 17.7 Å². The Morgan fingerprint density at radius 1 is 1.20 bits per heavy atom. The molecule has 3 N–H and O–H groups in total. The Bertz CT molecular complexity index is 534. The molecule has 0 spiro atoms. The summed E-state index contributed by atoms with van der Waals surface area (Å²) in [5.74, 6) is -0.182. The number of carboxylic acids is 1. The predicted molar refractivity (Wildman–Crippen MR) is 100 cm³/mol. The molecule has 7 heteroatoms. The van der Waals surface area contributed by atoms with Crippen molar-refractivity contribution in [3.8, 4) is 5.75 Å². The summed E-state index contributed by atoms with van der Waals surface area (Å²) < 4.78 is 5.15. The van der Waals surface area contributed by atoms with Crippen molar-refractivity contribution in [3.63, 3.8) is 0 Å². The molecule has 1 rings (SSSR count). The number of amides is 1. The van der Waals surface area contributed by atoms with Gasteiger partial charge in [0.05, 0.1) is 19.7 Å². The molecule has 0 aliphatic heterocycles. The average molecular weight is 373 g/mol. The van der Waals surface area contributed by atoms with Gasteiger partial charge in [0.15, 0.2) is 0 Å². The van der Waals surface area contributed by atoms with Crippen LogP contribution < -0.4 is 15.4 Å². The van der Waals surface area contributed by atoms with E-state index < -0.39 is 12.0 Å². The summed E-state index contributed by atoms with van der Waals surface area (Å²) in [5.41, 5.74) is 0.988. The SMILES string of the molecule is CCCC(NCC(=O)NC(c1ccc(OC)cc1)C(C)C)C(=O)O.Cl. The van der Waals surface area contributed by atoms with Crippen LogP contribution in [0.5, 0.6) is 5.75 Å². The summed E-state index contributed by atoms with van der Waals surface area (Å²) in [6.45, 7) is 5.95. The zero-order valence-corrected chi connectivity index (χ0v) is 16.1. The van der Waals surface area contributed by atoms with E-state index in [0.29, 0.717) is 6.42 Å². The first kappa shape index (κ1) is 23.2. The number of nitrogens with one attached hydrogen (secondary N) is 2. The molecular formula is C18H29ClN2O4. The van der Waals surface area contributed by atoms with Gasteiger partial charge in [-0.05, 0) is 30.0 Å². The van der Waals surface area contributed by atoms with E-state index in [4.69, 9.17) is 9.84 Å². The van der Waals surface area contributed by atoms with Crippen molar-refractivity contribution in [1.82, 2.24) is 10.6 Å². The van der Waals surface area contributed by atoms with Crippen LogP contribution in [0.15, 0.2) is 24.3 Å². The van der Waals surface area contributed by atoms with Crippen LogP contribution in [0.4, 0.5) is 0 Å². The molecule has 25 heavy (non-hydrogen) atoms. The molecule has 0 heterocycles. The molecule has 2 unspecified atom stereocenters. The smallest absolute Gasteiger partial charge is 0.320 e. The highest BCUT2D eigenvalue weighted by atomic mass is 35.5. The van der Waals surface area contributed by atoms with Crippen LogP contribution in [-0.4, -0.2) is 36.7 Å². The summed E-state index contributed by atoms with van der Waals surface area (Å²) in [5, 5.41) is 14.9. The average Bonchev–Trinajstić information content (AvgIpc) is 2.56. The van der Waals surface area contributed by atoms with E-state index in [1.807, 2.05) is 45.0 Å². The second-order valence-corrected chi connectivity index (χ2v) is 6.12. The summed E-state index contributed by atoms with van der Waals surface area (Å²) >= 11 is 0. The third-order valence-electron chi connectivity index (χ3n) is 3.84. The summed E-state index contributed by atoms with van der Waals surface area (Å²) in [6, 6.07) is 6.73. The number of hydrogen-bond acceptors (Lipinski definition) is 4. The summed E-state index contributed by atoms with van der Waals surface area (Å²) in [6.07, 6.45) is 1.24. The van der Waals surface area contributed by atoms with Gasteiger partial charge in [0, 0.05) is 0 Å². The van der Waals surface area contributed by atoms with Gasteiger partial charge in [-0.3, -0.25) is 14.9 Å². The number of benzene rings is 1. The van der Waals surface area contributed by atoms with Gasteiger partial charge in [0.1, 0.15) is 11.8 Å². The second kappa shape index (κ2) is 11.7. The van der Waals surface area contributed by atoms with Crippen LogP contribution in [0.2, 0.25) is 0 Å². The second-order valence-electron chi connectivity index (χ2n) is 6.12. The van der Waals surface area contributed by atoms with Gasteiger partial charge >= 0.3 is 5.97 Å². The molecule has 0 fully saturated rings. The van der Waals surface area contributed by atoms with Crippen molar-refractivity contribution in [1.29, 1.82) is 0 Å². The Kier molecular flexibility index (Phi) is 10.9. The Labute approximate surface area is 155 Å². The number of carbonyl (C=O) groups is 2. The predicted octanol–water partition coefficient (Wildman–Crippen LogP) is 2.77. The molecule has 1 aromatic carbocycles. The fourth-order valence-electron chi connectivity index (χ4n) is 2.49. The van der Waals surface area contributed by atoms with Gasteiger partial charge < -0.3 is 15.2 Å². The van der Waals surface area contributed by atoms with Gasteiger partial charge in [0.2, 0.25) is 5.91 Å². The fraction of sp³-hybridized carbons (Fsp3) is 0.556. The topological polar surface area (TPSA) is 87.7 Å². The van der Waals surface area contributed by atoms with Crippen LogP contribution in [0.3, 0.4) is 0 Å². The van der Waals surface area contributed by atoms with E-state index in [9.17, 15) is 9.59 Å². The van der Waals surface area contributed by atoms with Gasteiger partial charge in [-0.2, -0.15) is 0 Å². The Morgan fingerprint density at radius 2 is 1.80 bits per heavy atom. The lowest BCUT2D eigenvalue weighted by atomic mass is 9.96. The molecule has 0 aliphatic rings. The highest BCUT2D eigenvalue weighted by Crippen LogP contribution is 2.23. The molecule has 0 bridgehead atoms. The van der Waals surface area contributed by atoms with Crippen molar-refractivity contribution < 1.29 is 19.4 Å². The van der Waals surface area contributed by atoms with E-state index in [1.165, 1.54) is 0 Å². The number of carboxylic acid groups (broad SMARTS) is 1. The van der Waals surface area contributed by atoms with Crippen molar-refractivity contribution in [3.05, 3.63) is 29.8 Å². The number of rotatable bonds is 10. The lowest BCUT2D eigenvalue weighted by Gasteiger charge is -2.24. The van der Waals surface area contributed by atoms with Crippen LogP contribution >= 0.6 is 12.4 Å². The molecule has 0 radical (unpaired) electrons. The number of methoxy groups -OCH3 is 1. The fourth-order valence-corrected chi connectivity index (χ4v) is 2.49. The minimum atomic E-state index is -0.930.